The van der Waals surface area contributed by atoms with Crippen molar-refractivity contribution in [1.29, 1.82) is 0 Å². The van der Waals surface area contributed by atoms with Gasteiger partial charge in [-0.2, -0.15) is 5.10 Å². The van der Waals surface area contributed by atoms with Crippen LogP contribution in [0.4, 0.5) is 0 Å². The van der Waals surface area contributed by atoms with E-state index in [0.717, 1.165) is 56.7 Å². The second kappa shape index (κ2) is 8.04. The maximum absolute atomic E-state index is 11.3. The molecule has 2 aliphatic heterocycles. The van der Waals surface area contributed by atoms with E-state index in [9.17, 15) is 15.0 Å². The van der Waals surface area contributed by atoms with Crippen LogP contribution in [0.25, 0.3) is 0 Å². The Morgan fingerprint density at radius 1 is 1.35 bits per heavy atom. The van der Waals surface area contributed by atoms with Crippen LogP contribution >= 0.6 is 0 Å². The van der Waals surface area contributed by atoms with Crippen LogP contribution in [0.5, 0.6) is 0 Å². The Kier molecular flexibility index (Phi) is 5.96. The van der Waals surface area contributed by atoms with Gasteiger partial charge in [0.25, 0.3) is 0 Å². The summed E-state index contributed by atoms with van der Waals surface area (Å²) in [5, 5.41) is 32.8. The highest BCUT2D eigenvalue weighted by Gasteiger charge is 2.47. The lowest BCUT2D eigenvalue weighted by Crippen LogP contribution is -2.63. The van der Waals surface area contributed by atoms with Gasteiger partial charge in [0, 0.05) is 36.3 Å². The van der Waals surface area contributed by atoms with Gasteiger partial charge in [0.2, 0.25) is 0 Å². The van der Waals surface area contributed by atoms with Crippen molar-refractivity contribution in [2.45, 2.75) is 45.3 Å². The monoisotopic (exact) mass is 366 g/mol. The summed E-state index contributed by atoms with van der Waals surface area (Å²) in [5.41, 5.74) is 1.92. The highest BCUT2D eigenvalue weighted by atomic mass is 16.4. The van der Waals surface area contributed by atoms with Crippen molar-refractivity contribution in [3.05, 3.63) is 17.5 Å². The first kappa shape index (κ1) is 19.3. The summed E-state index contributed by atoms with van der Waals surface area (Å²) in [6, 6.07) is 0.0684. The third-order valence-corrected chi connectivity index (χ3v) is 6.05. The normalized spacial score (nSPS) is 27.4. The van der Waals surface area contributed by atoms with Gasteiger partial charge in [-0.15, -0.1) is 0 Å². The molecule has 2 aliphatic rings. The van der Waals surface area contributed by atoms with Crippen molar-refractivity contribution in [2.75, 3.05) is 39.4 Å². The molecule has 2 fully saturated rings. The third kappa shape index (κ3) is 3.93. The smallest absolute Gasteiger partial charge is 0.317 e. The lowest BCUT2D eigenvalue weighted by molar-refractivity contribution is -0.143. The maximum Gasteiger partial charge on any atom is 0.317 e. The number of aliphatic hydroxyl groups is 2. The second-order valence-electron chi connectivity index (χ2n) is 7.72. The molecule has 0 aliphatic carbocycles. The van der Waals surface area contributed by atoms with Gasteiger partial charge in [0.15, 0.2) is 0 Å². The molecular weight excluding hydrogens is 336 g/mol. The van der Waals surface area contributed by atoms with Crippen molar-refractivity contribution in [1.82, 2.24) is 19.6 Å². The van der Waals surface area contributed by atoms with E-state index < -0.39 is 5.97 Å². The average Bonchev–Trinajstić information content (AvgIpc) is 2.94. The van der Waals surface area contributed by atoms with E-state index in [1.54, 1.807) is 4.68 Å². The Morgan fingerprint density at radius 2 is 2.15 bits per heavy atom. The van der Waals surface area contributed by atoms with Crippen LogP contribution in [-0.2, 0) is 17.9 Å². The molecule has 0 aromatic carbocycles. The van der Waals surface area contributed by atoms with E-state index in [1.165, 1.54) is 0 Å². The number of hydrogen-bond donors (Lipinski definition) is 3. The summed E-state index contributed by atoms with van der Waals surface area (Å²) in [4.78, 5) is 15.6. The molecule has 8 heteroatoms. The predicted octanol–water partition coefficient (Wildman–Crippen LogP) is -0.0828. The number of rotatable bonds is 7. The number of hydrogen-bond acceptors (Lipinski definition) is 6. The van der Waals surface area contributed by atoms with E-state index in [-0.39, 0.29) is 31.2 Å². The van der Waals surface area contributed by atoms with Gasteiger partial charge >= 0.3 is 5.97 Å². The van der Waals surface area contributed by atoms with Crippen molar-refractivity contribution in [2.24, 2.45) is 5.41 Å². The molecule has 0 bridgehead atoms. The number of nitrogens with zero attached hydrogens (tertiary/aromatic N) is 4. The molecule has 0 radical (unpaired) electrons. The molecule has 146 valence electrons. The van der Waals surface area contributed by atoms with E-state index in [0.29, 0.717) is 6.54 Å². The van der Waals surface area contributed by atoms with Gasteiger partial charge in [0.1, 0.15) is 0 Å². The van der Waals surface area contributed by atoms with Gasteiger partial charge in [0.05, 0.1) is 32.0 Å². The number of aliphatic carboxylic acids is 1. The van der Waals surface area contributed by atoms with Crippen LogP contribution in [0.15, 0.2) is 6.20 Å². The topological polar surface area (TPSA) is 102 Å². The van der Waals surface area contributed by atoms with Crippen LogP contribution in [0.1, 0.15) is 30.5 Å². The number of carboxylic acids is 1. The fourth-order valence-corrected chi connectivity index (χ4v) is 4.60. The van der Waals surface area contributed by atoms with E-state index in [4.69, 9.17) is 5.11 Å². The number of carbonyl (C=O) groups is 1. The molecule has 2 saturated heterocycles. The number of likely N-dealkylation sites (tertiary alicyclic amines) is 2. The summed E-state index contributed by atoms with van der Waals surface area (Å²) in [7, 11) is 0. The number of piperidine rings is 2. The number of aryl methyl sites for hydroxylation is 1. The maximum atomic E-state index is 11.3. The van der Waals surface area contributed by atoms with Crippen molar-refractivity contribution >= 4 is 5.97 Å². The van der Waals surface area contributed by atoms with Crippen LogP contribution in [0.2, 0.25) is 0 Å². The van der Waals surface area contributed by atoms with Crippen molar-refractivity contribution in [3.63, 3.8) is 0 Å². The number of aromatic nitrogens is 2. The molecule has 3 rings (SSSR count). The van der Waals surface area contributed by atoms with E-state index in [2.05, 4.69) is 10.00 Å². The van der Waals surface area contributed by atoms with Gasteiger partial charge in [-0.3, -0.25) is 19.3 Å². The molecule has 26 heavy (non-hydrogen) atoms. The Morgan fingerprint density at radius 3 is 2.85 bits per heavy atom. The van der Waals surface area contributed by atoms with Gasteiger partial charge in [-0.1, -0.05) is 0 Å². The highest BCUT2D eigenvalue weighted by molar-refractivity contribution is 5.69. The molecule has 8 nitrogen and oxygen atoms in total. The van der Waals surface area contributed by atoms with Crippen LogP contribution in [-0.4, -0.2) is 86.3 Å². The number of carboxylic acid groups (broad SMARTS) is 1. The van der Waals surface area contributed by atoms with Gasteiger partial charge < -0.3 is 15.3 Å². The Balaban J connectivity index is 1.73. The zero-order valence-corrected chi connectivity index (χ0v) is 15.5. The molecular formula is C18H30N4O4. The summed E-state index contributed by atoms with van der Waals surface area (Å²) < 4.78 is 1.77. The highest BCUT2D eigenvalue weighted by Crippen LogP contribution is 2.42. The molecule has 0 saturated carbocycles. The lowest BCUT2D eigenvalue weighted by Gasteiger charge is -2.54. The predicted molar refractivity (Wildman–Crippen MR) is 95.7 cm³/mol. The van der Waals surface area contributed by atoms with Crippen molar-refractivity contribution in [3.8, 4) is 0 Å². The Bertz CT molecular complexity index is 635. The second-order valence-corrected chi connectivity index (χ2v) is 7.72. The zero-order chi connectivity index (χ0) is 18.7. The molecule has 2 atom stereocenters. The minimum Gasteiger partial charge on any atom is -0.480 e. The summed E-state index contributed by atoms with van der Waals surface area (Å²) in [5.74, 6) is -0.808. The minimum atomic E-state index is -0.808. The van der Waals surface area contributed by atoms with E-state index >= 15 is 0 Å². The Labute approximate surface area is 154 Å². The Hall–Kier alpha value is -1.48. The zero-order valence-electron chi connectivity index (χ0n) is 15.5. The van der Waals surface area contributed by atoms with Crippen molar-refractivity contribution < 1.29 is 20.1 Å². The minimum absolute atomic E-state index is 0.0354. The molecule has 1 aromatic heterocycles. The largest absolute Gasteiger partial charge is 0.480 e. The van der Waals surface area contributed by atoms with Crippen LogP contribution in [0, 0.1) is 12.3 Å². The summed E-state index contributed by atoms with van der Waals surface area (Å²) in [6.45, 7) is 5.88. The first-order valence-electron chi connectivity index (χ1n) is 9.40. The quantitative estimate of drug-likeness (QED) is 0.620. The summed E-state index contributed by atoms with van der Waals surface area (Å²) in [6.07, 6.45) is 4.77. The molecule has 0 spiro atoms. The first-order valence-corrected chi connectivity index (χ1v) is 9.40. The van der Waals surface area contributed by atoms with Gasteiger partial charge in [-0.25, -0.2) is 0 Å². The summed E-state index contributed by atoms with van der Waals surface area (Å²) >= 11 is 0. The first-order chi connectivity index (χ1) is 12.5. The molecule has 3 heterocycles. The molecule has 1 aromatic rings. The fourth-order valence-electron chi connectivity index (χ4n) is 4.60. The standard InChI is InChI=1S/C18H30N4O4/c1-14-15(10-22(19-14)7-8-23)9-20-6-4-18(13-24)3-2-5-21(12-17(25)26)16(18)11-20/h10,16,23-24H,2-9,11-13H2,1H3,(H,25,26)/t16-,18-/m1/s1. The number of fused-ring (bicyclic) bond motifs is 1. The van der Waals surface area contributed by atoms with Crippen LogP contribution < -0.4 is 0 Å². The SMILES string of the molecule is Cc1nn(CCO)cc1CN1CC[C@@]2(CO)CCCN(CC(=O)O)[C@@H]2C1. The molecule has 0 unspecified atom stereocenters. The molecule has 0 amide bonds. The fraction of sp³-hybridized carbons (Fsp3) is 0.778. The average molecular weight is 366 g/mol. The van der Waals surface area contributed by atoms with Gasteiger partial charge in [-0.05, 0) is 39.3 Å². The van der Waals surface area contributed by atoms with Crippen LogP contribution in [0.3, 0.4) is 0 Å². The number of aliphatic hydroxyl groups excluding tert-OH is 2. The molecule has 3 N–H and O–H groups in total. The third-order valence-electron chi connectivity index (χ3n) is 6.05. The van der Waals surface area contributed by atoms with E-state index in [1.807, 2.05) is 18.0 Å². The lowest BCUT2D eigenvalue weighted by atomic mass is 9.69.